The van der Waals surface area contributed by atoms with Crippen LogP contribution in [0.25, 0.3) is 0 Å². The highest BCUT2D eigenvalue weighted by Crippen LogP contribution is 2.11. The Balaban J connectivity index is 0. The van der Waals surface area contributed by atoms with E-state index in [4.69, 9.17) is 0 Å². The summed E-state index contributed by atoms with van der Waals surface area (Å²) >= 11 is 0. The summed E-state index contributed by atoms with van der Waals surface area (Å²) in [6.45, 7) is 20.4. The molecule has 0 aromatic rings. The van der Waals surface area contributed by atoms with Crippen molar-refractivity contribution in [1.82, 2.24) is 0 Å². The number of halogens is 1. The van der Waals surface area contributed by atoms with Crippen LogP contribution in [0.4, 0.5) is 4.39 Å². The summed E-state index contributed by atoms with van der Waals surface area (Å²) in [7, 11) is 0. The number of hydrogen-bond acceptors (Lipinski definition) is 0. The SMILES string of the molecule is C=C(C)/C=C\C(=C)CC(=C)/C=C\C(=C)F.CC. The largest absolute Gasteiger partial charge is 0.208 e. The summed E-state index contributed by atoms with van der Waals surface area (Å²) in [4.78, 5) is 0. The lowest BCUT2D eigenvalue weighted by atomic mass is 10.1. The molecule has 0 aliphatic heterocycles. The van der Waals surface area contributed by atoms with Gasteiger partial charge in [0.05, 0.1) is 0 Å². The van der Waals surface area contributed by atoms with Crippen molar-refractivity contribution in [3.05, 3.63) is 73.2 Å². The van der Waals surface area contributed by atoms with Gasteiger partial charge in [-0.1, -0.05) is 75.1 Å². The Morgan fingerprint density at radius 2 is 1.29 bits per heavy atom. The van der Waals surface area contributed by atoms with Gasteiger partial charge in [0.15, 0.2) is 0 Å². The molecule has 1 heteroatoms. The van der Waals surface area contributed by atoms with Crippen LogP contribution in [-0.2, 0) is 0 Å². The standard InChI is InChI=1S/C14H17F.C2H6/c1-11(2)6-7-12(3)10-13(4)8-9-14(5)15;1-2/h6-9H,1,3-5,10H2,2H3;1-2H3/b7-6-,9-8-;. The molecule has 0 aromatic heterocycles. The molecule has 0 saturated heterocycles. The second-order valence-electron chi connectivity index (χ2n) is 3.45. The minimum absolute atomic E-state index is 0.473. The topological polar surface area (TPSA) is 0 Å². The predicted molar refractivity (Wildman–Crippen MR) is 77.6 cm³/mol. The minimum atomic E-state index is -0.473. The van der Waals surface area contributed by atoms with Crippen LogP contribution in [-0.4, -0.2) is 0 Å². The van der Waals surface area contributed by atoms with Crippen molar-refractivity contribution in [1.29, 1.82) is 0 Å². The third-order valence-corrected chi connectivity index (χ3v) is 1.56. The van der Waals surface area contributed by atoms with Crippen LogP contribution >= 0.6 is 0 Å². The molecule has 0 rings (SSSR count). The lowest BCUT2D eigenvalue weighted by Crippen LogP contribution is -1.79. The van der Waals surface area contributed by atoms with Gasteiger partial charge in [0.25, 0.3) is 0 Å². The zero-order valence-corrected chi connectivity index (χ0v) is 11.2. The highest BCUT2D eigenvalue weighted by Gasteiger charge is 1.92. The first kappa shape index (κ1) is 17.8. The quantitative estimate of drug-likeness (QED) is 0.518. The molecule has 0 aliphatic carbocycles. The summed E-state index contributed by atoms with van der Waals surface area (Å²) in [6, 6.07) is 0. The molecule has 0 nitrogen and oxygen atoms in total. The summed E-state index contributed by atoms with van der Waals surface area (Å²) in [5.41, 5.74) is 2.68. The van der Waals surface area contributed by atoms with Crippen LogP contribution in [0.3, 0.4) is 0 Å². The number of rotatable bonds is 6. The van der Waals surface area contributed by atoms with Crippen LogP contribution in [0.1, 0.15) is 27.2 Å². The van der Waals surface area contributed by atoms with Crippen molar-refractivity contribution in [2.45, 2.75) is 27.2 Å². The van der Waals surface area contributed by atoms with Gasteiger partial charge in [0.2, 0.25) is 0 Å². The van der Waals surface area contributed by atoms with E-state index in [1.165, 1.54) is 6.08 Å². The molecule has 0 spiro atoms. The zero-order chi connectivity index (χ0) is 13.8. The maximum Gasteiger partial charge on any atom is 0.116 e. The van der Waals surface area contributed by atoms with Gasteiger partial charge >= 0.3 is 0 Å². The summed E-state index contributed by atoms with van der Waals surface area (Å²) in [6.07, 6.45) is 7.27. The Morgan fingerprint density at radius 3 is 1.65 bits per heavy atom. The lowest BCUT2D eigenvalue weighted by molar-refractivity contribution is 0.671. The fourth-order valence-corrected chi connectivity index (χ4v) is 0.878. The lowest BCUT2D eigenvalue weighted by Gasteiger charge is -1.99. The van der Waals surface area contributed by atoms with E-state index in [0.29, 0.717) is 6.42 Å². The maximum absolute atomic E-state index is 12.3. The molecule has 0 amide bonds. The first-order chi connectivity index (χ1) is 7.91. The van der Waals surface area contributed by atoms with Crippen molar-refractivity contribution in [3.63, 3.8) is 0 Å². The molecule has 94 valence electrons. The average Bonchev–Trinajstić information content (AvgIpc) is 2.26. The van der Waals surface area contributed by atoms with Gasteiger partial charge in [-0.15, -0.1) is 0 Å². The van der Waals surface area contributed by atoms with Gasteiger partial charge in [0.1, 0.15) is 5.83 Å². The predicted octanol–water partition coefficient (Wildman–Crippen LogP) is 5.69. The van der Waals surface area contributed by atoms with Crippen molar-refractivity contribution < 1.29 is 4.39 Å². The van der Waals surface area contributed by atoms with E-state index in [1.54, 1.807) is 6.08 Å². The van der Waals surface area contributed by atoms with E-state index in [1.807, 2.05) is 32.9 Å². The smallest absolute Gasteiger partial charge is 0.116 e. The van der Waals surface area contributed by atoms with Crippen molar-refractivity contribution in [2.24, 2.45) is 0 Å². The van der Waals surface area contributed by atoms with E-state index in [0.717, 1.165) is 16.7 Å². The van der Waals surface area contributed by atoms with Gasteiger partial charge in [-0.25, -0.2) is 4.39 Å². The second-order valence-corrected chi connectivity index (χ2v) is 3.45. The molecule has 0 aliphatic rings. The number of allylic oxidation sites excluding steroid dienone is 8. The van der Waals surface area contributed by atoms with E-state index in [2.05, 4.69) is 26.3 Å². The molecular formula is C16H23F. The van der Waals surface area contributed by atoms with Gasteiger partial charge in [0, 0.05) is 0 Å². The average molecular weight is 234 g/mol. The van der Waals surface area contributed by atoms with Crippen molar-refractivity contribution in [2.75, 3.05) is 0 Å². The zero-order valence-electron chi connectivity index (χ0n) is 11.2. The van der Waals surface area contributed by atoms with Gasteiger partial charge in [-0.3, -0.25) is 0 Å². The molecule has 0 saturated carbocycles. The molecule has 0 unspecified atom stereocenters. The molecule has 0 atom stereocenters. The monoisotopic (exact) mass is 234 g/mol. The summed E-state index contributed by atoms with van der Waals surface area (Å²) < 4.78 is 12.3. The van der Waals surface area contributed by atoms with Crippen LogP contribution in [0.5, 0.6) is 0 Å². The third kappa shape index (κ3) is 14.4. The molecule has 0 bridgehead atoms. The Labute approximate surface area is 105 Å². The van der Waals surface area contributed by atoms with Crippen LogP contribution in [0.15, 0.2) is 73.2 Å². The van der Waals surface area contributed by atoms with Crippen LogP contribution < -0.4 is 0 Å². The van der Waals surface area contributed by atoms with Gasteiger partial charge in [-0.2, -0.15) is 0 Å². The molecule has 0 heterocycles. The van der Waals surface area contributed by atoms with Crippen molar-refractivity contribution >= 4 is 0 Å². The third-order valence-electron chi connectivity index (χ3n) is 1.56. The fraction of sp³-hybridized carbons (Fsp3) is 0.250. The molecule has 0 N–H and O–H groups in total. The summed E-state index contributed by atoms with van der Waals surface area (Å²) in [5.74, 6) is -0.473. The second kappa shape index (κ2) is 10.9. The first-order valence-corrected chi connectivity index (χ1v) is 5.63. The van der Waals surface area contributed by atoms with Crippen molar-refractivity contribution in [3.8, 4) is 0 Å². The van der Waals surface area contributed by atoms with E-state index < -0.39 is 5.83 Å². The van der Waals surface area contributed by atoms with E-state index in [-0.39, 0.29) is 0 Å². The highest BCUT2D eigenvalue weighted by molar-refractivity contribution is 5.31. The van der Waals surface area contributed by atoms with E-state index in [9.17, 15) is 4.39 Å². The molecule has 17 heavy (non-hydrogen) atoms. The Bertz CT molecular complexity index is 307. The highest BCUT2D eigenvalue weighted by atomic mass is 19.1. The van der Waals surface area contributed by atoms with Crippen LogP contribution in [0, 0.1) is 0 Å². The van der Waals surface area contributed by atoms with Crippen LogP contribution in [0.2, 0.25) is 0 Å². The molecule has 0 aromatic carbocycles. The Morgan fingerprint density at radius 1 is 0.882 bits per heavy atom. The van der Waals surface area contributed by atoms with Gasteiger partial charge in [-0.05, 0) is 19.4 Å². The summed E-state index contributed by atoms with van der Waals surface area (Å²) in [5, 5.41) is 0. The Hall–Kier alpha value is -1.63. The first-order valence-electron chi connectivity index (χ1n) is 5.63. The van der Waals surface area contributed by atoms with E-state index >= 15 is 0 Å². The normalized spacial score (nSPS) is 9.88. The fourth-order valence-electron chi connectivity index (χ4n) is 0.878. The number of hydrogen-bond donors (Lipinski definition) is 0. The molecule has 0 fully saturated rings. The maximum atomic E-state index is 12.3. The Kier molecular flexibility index (Phi) is 11.4. The molecule has 0 radical (unpaired) electrons. The minimum Gasteiger partial charge on any atom is -0.208 e. The van der Waals surface area contributed by atoms with Gasteiger partial charge < -0.3 is 0 Å². The molecular weight excluding hydrogens is 211 g/mol.